The summed E-state index contributed by atoms with van der Waals surface area (Å²) in [5.41, 5.74) is 1.26. The second kappa shape index (κ2) is 8.75. The van der Waals surface area contributed by atoms with Gasteiger partial charge in [0, 0.05) is 19.6 Å². The Labute approximate surface area is 123 Å². The average molecular weight is 276 g/mol. The molecule has 0 radical (unpaired) electrons. The van der Waals surface area contributed by atoms with Crippen molar-refractivity contribution >= 4 is 5.91 Å². The van der Waals surface area contributed by atoms with Crippen LogP contribution in [0.25, 0.3) is 0 Å². The minimum Gasteiger partial charge on any atom is -0.345 e. The Balaban J connectivity index is 2.72. The van der Waals surface area contributed by atoms with E-state index in [9.17, 15) is 4.79 Å². The zero-order valence-corrected chi connectivity index (χ0v) is 13.2. The van der Waals surface area contributed by atoms with Gasteiger partial charge in [-0.25, -0.2) is 0 Å². The summed E-state index contributed by atoms with van der Waals surface area (Å²) in [6.45, 7) is 6.89. The molecule has 2 unspecified atom stereocenters. The highest BCUT2D eigenvalue weighted by Gasteiger charge is 2.20. The lowest BCUT2D eigenvalue weighted by Gasteiger charge is -2.26. The van der Waals surface area contributed by atoms with Crippen LogP contribution in [-0.4, -0.2) is 30.4 Å². The standard InChI is InChI=1S/C17H28N2O/c1-5-7-13-16(15-11-9-8-10-12-15)18-14(3)17(20)19(4)6-2/h8-12,14,16,18H,5-7,13H2,1-4H3. The fourth-order valence-electron chi connectivity index (χ4n) is 2.30. The molecule has 0 spiro atoms. The van der Waals surface area contributed by atoms with Gasteiger partial charge in [-0.3, -0.25) is 10.1 Å². The third kappa shape index (κ3) is 4.97. The fourth-order valence-corrected chi connectivity index (χ4v) is 2.30. The van der Waals surface area contributed by atoms with E-state index >= 15 is 0 Å². The van der Waals surface area contributed by atoms with E-state index in [2.05, 4.69) is 36.5 Å². The Morgan fingerprint density at radius 2 is 1.90 bits per heavy atom. The lowest BCUT2D eigenvalue weighted by molar-refractivity contribution is -0.131. The van der Waals surface area contributed by atoms with Crippen LogP contribution in [-0.2, 0) is 4.79 Å². The normalized spacial score (nSPS) is 13.8. The quantitative estimate of drug-likeness (QED) is 0.789. The van der Waals surface area contributed by atoms with Crippen molar-refractivity contribution < 1.29 is 4.79 Å². The maximum atomic E-state index is 12.2. The van der Waals surface area contributed by atoms with Crippen molar-refractivity contribution in [1.29, 1.82) is 0 Å². The molecule has 1 aromatic rings. The third-order valence-corrected chi connectivity index (χ3v) is 3.72. The molecule has 0 bridgehead atoms. The summed E-state index contributed by atoms with van der Waals surface area (Å²) in [6.07, 6.45) is 3.40. The van der Waals surface area contributed by atoms with E-state index in [1.165, 1.54) is 12.0 Å². The first kappa shape index (κ1) is 16.7. The van der Waals surface area contributed by atoms with E-state index in [4.69, 9.17) is 0 Å². The minimum atomic E-state index is -0.151. The van der Waals surface area contributed by atoms with Gasteiger partial charge in [-0.05, 0) is 25.8 Å². The fraction of sp³-hybridized carbons (Fsp3) is 0.588. The van der Waals surface area contributed by atoms with E-state index in [0.29, 0.717) is 0 Å². The van der Waals surface area contributed by atoms with Gasteiger partial charge >= 0.3 is 0 Å². The smallest absolute Gasteiger partial charge is 0.239 e. The second-order valence-electron chi connectivity index (χ2n) is 5.35. The maximum absolute atomic E-state index is 12.2. The molecule has 1 amide bonds. The highest BCUT2D eigenvalue weighted by molar-refractivity contribution is 5.81. The number of likely N-dealkylation sites (N-methyl/N-ethyl adjacent to an activating group) is 1. The molecule has 1 aromatic carbocycles. The van der Waals surface area contributed by atoms with E-state index in [-0.39, 0.29) is 18.0 Å². The minimum absolute atomic E-state index is 0.151. The number of nitrogens with one attached hydrogen (secondary N) is 1. The van der Waals surface area contributed by atoms with Crippen LogP contribution in [0, 0.1) is 0 Å². The number of unbranched alkanes of at least 4 members (excludes halogenated alkanes) is 1. The molecule has 1 rings (SSSR count). The zero-order chi connectivity index (χ0) is 15.0. The topological polar surface area (TPSA) is 32.3 Å². The average Bonchev–Trinajstić information content (AvgIpc) is 2.50. The molecule has 0 saturated carbocycles. The number of carbonyl (C=O) groups excluding carboxylic acids is 1. The monoisotopic (exact) mass is 276 g/mol. The Hall–Kier alpha value is -1.35. The number of hydrogen-bond donors (Lipinski definition) is 1. The highest BCUT2D eigenvalue weighted by atomic mass is 16.2. The molecule has 0 fully saturated rings. The molecule has 2 atom stereocenters. The van der Waals surface area contributed by atoms with Crippen molar-refractivity contribution in [1.82, 2.24) is 10.2 Å². The van der Waals surface area contributed by atoms with Crippen LogP contribution in [0.15, 0.2) is 30.3 Å². The van der Waals surface area contributed by atoms with Crippen molar-refractivity contribution in [3.8, 4) is 0 Å². The number of amides is 1. The lowest BCUT2D eigenvalue weighted by atomic mass is 10.00. The van der Waals surface area contributed by atoms with Crippen LogP contribution in [0.3, 0.4) is 0 Å². The molecule has 112 valence electrons. The van der Waals surface area contributed by atoms with Crippen molar-refractivity contribution in [2.75, 3.05) is 13.6 Å². The van der Waals surface area contributed by atoms with Gasteiger partial charge < -0.3 is 4.90 Å². The largest absolute Gasteiger partial charge is 0.345 e. The van der Waals surface area contributed by atoms with Crippen LogP contribution >= 0.6 is 0 Å². The predicted octanol–water partition coefficient (Wildman–Crippen LogP) is 3.37. The molecule has 20 heavy (non-hydrogen) atoms. The molecular weight excluding hydrogens is 248 g/mol. The van der Waals surface area contributed by atoms with Gasteiger partial charge in [0.1, 0.15) is 0 Å². The Morgan fingerprint density at radius 3 is 2.45 bits per heavy atom. The third-order valence-electron chi connectivity index (χ3n) is 3.72. The van der Waals surface area contributed by atoms with Crippen LogP contribution in [0.1, 0.15) is 51.6 Å². The van der Waals surface area contributed by atoms with Crippen LogP contribution in [0.5, 0.6) is 0 Å². The maximum Gasteiger partial charge on any atom is 0.239 e. The number of nitrogens with zero attached hydrogens (tertiary/aromatic N) is 1. The molecule has 1 N–H and O–H groups in total. The van der Waals surface area contributed by atoms with E-state index in [1.54, 1.807) is 4.90 Å². The first-order chi connectivity index (χ1) is 9.60. The van der Waals surface area contributed by atoms with E-state index in [0.717, 1.165) is 19.4 Å². The summed E-state index contributed by atoms with van der Waals surface area (Å²) in [5.74, 6) is 0.157. The number of carbonyl (C=O) groups is 1. The first-order valence-corrected chi connectivity index (χ1v) is 7.66. The number of benzene rings is 1. The highest BCUT2D eigenvalue weighted by Crippen LogP contribution is 2.20. The number of rotatable bonds is 8. The van der Waals surface area contributed by atoms with Gasteiger partial charge in [0.05, 0.1) is 6.04 Å². The summed E-state index contributed by atoms with van der Waals surface area (Å²) in [4.78, 5) is 13.9. The van der Waals surface area contributed by atoms with Crippen molar-refractivity contribution in [2.45, 2.75) is 52.1 Å². The van der Waals surface area contributed by atoms with Gasteiger partial charge in [0.15, 0.2) is 0 Å². The van der Waals surface area contributed by atoms with Crippen molar-refractivity contribution in [3.63, 3.8) is 0 Å². The zero-order valence-electron chi connectivity index (χ0n) is 13.2. The summed E-state index contributed by atoms with van der Waals surface area (Å²) in [7, 11) is 1.85. The summed E-state index contributed by atoms with van der Waals surface area (Å²) in [6, 6.07) is 10.5. The molecule has 0 aliphatic heterocycles. The Bertz CT molecular complexity index is 391. The Kier molecular flexibility index (Phi) is 7.31. The molecule has 0 aromatic heterocycles. The molecule has 0 aliphatic rings. The lowest BCUT2D eigenvalue weighted by Crippen LogP contribution is -2.44. The van der Waals surface area contributed by atoms with Gasteiger partial charge in [-0.2, -0.15) is 0 Å². The molecule has 0 saturated heterocycles. The molecule has 0 heterocycles. The van der Waals surface area contributed by atoms with E-state index < -0.39 is 0 Å². The number of hydrogen-bond acceptors (Lipinski definition) is 2. The van der Waals surface area contributed by atoms with Gasteiger partial charge in [0.2, 0.25) is 5.91 Å². The summed E-state index contributed by atoms with van der Waals surface area (Å²) < 4.78 is 0. The van der Waals surface area contributed by atoms with Crippen LogP contribution < -0.4 is 5.32 Å². The summed E-state index contributed by atoms with van der Waals surface area (Å²) >= 11 is 0. The van der Waals surface area contributed by atoms with Crippen LogP contribution in [0.2, 0.25) is 0 Å². The van der Waals surface area contributed by atoms with Crippen molar-refractivity contribution in [2.24, 2.45) is 0 Å². The van der Waals surface area contributed by atoms with Crippen molar-refractivity contribution in [3.05, 3.63) is 35.9 Å². The molecule has 3 heteroatoms. The predicted molar refractivity (Wildman–Crippen MR) is 84.6 cm³/mol. The SMILES string of the molecule is CCCCC(NC(C)C(=O)N(C)CC)c1ccccc1. The first-order valence-electron chi connectivity index (χ1n) is 7.66. The molecule has 3 nitrogen and oxygen atoms in total. The van der Waals surface area contributed by atoms with E-state index in [1.807, 2.05) is 27.0 Å². The second-order valence-corrected chi connectivity index (χ2v) is 5.35. The van der Waals surface area contributed by atoms with Crippen LogP contribution in [0.4, 0.5) is 0 Å². The molecular formula is C17H28N2O. The molecule has 0 aliphatic carbocycles. The summed E-state index contributed by atoms with van der Waals surface area (Å²) in [5, 5.41) is 3.49. The van der Waals surface area contributed by atoms with Gasteiger partial charge in [0.25, 0.3) is 0 Å². The Morgan fingerprint density at radius 1 is 1.25 bits per heavy atom. The van der Waals surface area contributed by atoms with Gasteiger partial charge in [-0.1, -0.05) is 50.1 Å². The van der Waals surface area contributed by atoms with Gasteiger partial charge in [-0.15, -0.1) is 0 Å².